The van der Waals surface area contributed by atoms with Gasteiger partial charge in [-0.15, -0.1) is 0 Å². The molecule has 4 heteroatoms. The van der Waals surface area contributed by atoms with Gasteiger partial charge in [0.15, 0.2) is 0 Å². The summed E-state index contributed by atoms with van der Waals surface area (Å²) in [5.74, 6) is -0.00477. The fourth-order valence-corrected chi connectivity index (χ4v) is 1.90. The van der Waals surface area contributed by atoms with Gasteiger partial charge in [0.25, 0.3) is 5.91 Å². The Hall–Kier alpha value is -2.10. The molecule has 0 radical (unpaired) electrons. The lowest BCUT2D eigenvalue weighted by atomic mass is 10.1. The SMILES string of the molecule is CCCCCNC(=O)c1ccc(-c2cn[nH]c2)cc1. The number of rotatable bonds is 6. The van der Waals surface area contributed by atoms with E-state index in [1.54, 1.807) is 6.20 Å². The number of hydrogen-bond donors (Lipinski definition) is 2. The molecule has 2 rings (SSSR count). The highest BCUT2D eigenvalue weighted by atomic mass is 16.1. The molecule has 1 aromatic carbocycles. The number of nitrogens with zero attached hydrogens (tertiary/aromatic N) is 1. The predicted octanol–water partition coefficient (Wildman–Crippen LogP) is 3.00. The normalized spacial score (nSPS) is 10.4. The first-order valence-corrected chi connectivity index (χ1v) is 6.68. The maximum atomic E-state index is 11.9. The van der Waals surface area contributed by atoms with Crippen molar-refractivity contribution in [2.45, 2.75) is 26.2 Å². The molecule has 2 aromatic rings. The Labute approximate surface area is 113 Å². The zero-order valence-corrected chi connectivity index (χ0v) is 11.1. The lowest BCUT2D eigenvalue weighted by molar-refractivity contribution is 0.0953. The van der Waals surface area contributed by atoms with Crippen molar-refractivity contribution in [3.63, 3.8) is 0 Å². The minimum Gasteiger partial charge on any atom is -0.352 e. The summed E-state index contributed by atoms with van der Waals surface area (Å²) in [7, 11) is 0. The average molecular weight is 257 g/mol. The first-order chi connectivity index (χ1) is 9.31. The minimum atomic E-state index is -0.00477. The Morgan fingerprint density at radius 2 is 2.00 bits per heavy atom. The number of H-pyrrole nitrogens is 1. The van der Waals surface area contributed by atoms with E-state index in [1.165, 1.54) is 0 Å². The zero-order chi connectivity index (χ0) is 13.5. The molecule has 0 atom stereocenters. The molecule has 0 spiro atoms. The van der Waals surface area contributed by atoms with Gasteiger partial charge in [0.2, 0.25) is 0 Å². The van der Waals surface area contributed by atoms with E-state index >= 15 is 0 Å². The number of carbonyl (C=O) groups is 1. The van der Waals surface area contributed by atoms with Crippen molar-refractivity contribution >= 4 is 5.91 Å². The molecule has 1 heterocycles. The Bertz CT molecular complexity index is 503. The van der Waals surface area contributed by atoms with E-state index < -0.39 is 0 Å². The molecule has 4 nitrogen and oxygen atoms in total. The molecule has 2 N–H and O–H groups in total. The predicted molar refractivity (Wildman–Crippen MR) is 75.9 cm³/mol. The second kappa shape index (κ2) is 6.73. The van der Waals surface area contributed by atoms with Crippen LogP contribution in [0.2, 0.25) is 0 Å². The third-order valence-electron chi connectivity index (χ3n) is 3.04. The molecule has 0 aliphatic heterocycles. The van der Waals surface area contributed by atoms with Gasteiger partial charge in [-0.25, -0.2) is 0 Å². The maximum Gasteiger partial charge on any atom is 0.251 e. The van der Waals surface area contributed by atoms with Crippen LogP contribution in [-0.4, -0.2) is 22.6 Å². The zero-order valence-electron chi connectivity index (χ0n) is 11.1. The van der Waals surface area contributed by atoms with Crippen LogP contribution in [0.15, 0.2) is 36.7 Å². The highest BCUT2D eigenvalue weighted by Gasteiger charge is 2.05. The number of unbranched alkanes of at least 4 members (excludes halogenated alkanes) is 2. The van der Waals surface area contributed by atoms with Crippen LogP contribution in [0.4, 0.5) is 0 Å². The van der Waals surface area contributed by atoms with Crippen molar-refractivity contribution in [3.8, 4) is 11.1 Å². The second-order valence-corrected chi connectivity index (χ2v) is 4.53. The smallest absolute Gasteiger partial charge is 0.251 e. The molecule has 0 saturated heterocycles. The van der Waals surface area contributed by atoms with Crippen LogP contribution in [-0.2, 0) is 0 Å². The van der Waals surface area contributed by atoms with E-state index in [-0.39, 0.29) is 5.91 Å². The van der Waals surface area contributed by atoms with Crippen LogP contribution >= 0.6 is 0 Å². The van der Waals surface area contributed by atoms with E-state index in [4.69, 9.17) is 0 Å². The molecule has 1 amide bonds. The topological polar surface area (TPSA) is 57.8 Å². The van der Waals surface area contributed by atoms with Gasteiger partial charge < -0.3 is 5.32 Å². The van der Waals surface area contributed by atoms with Crippen molar-refractivity contribution in [1.82, 2.24) is 15.5 Å². The average Bonchev–Trinajstić information content (AvgIpc) is 2.98. The van der Waals surface area contributed by atoms with E-state index in [2.05, 4.69) is 22.4 Å². The molecule has 0 saturated carbocycles. The number of amides is 1. The van der Waals surface area contributed by atoms with Crippen LogP contribution in [0.5, 0.6) is 0 Å². The Balaban J connectivity index is 1.93. The number of aromatic amines is 1. The van der Waals surface area contributed by atoms with E-state index in [0.717, 1.165) is 36.9 Å². The van der Waals surface area contributed by atoms with Gasteiger partial charge in [0, 0.05) is 23.9 Å². The minimum absolute atomic E-state index is 0.00477. The molecule has 0 bridgehead atoms. The number of hydrogen-bond acceptors (Lipinski definition) is 2. The fraction of sp³-hybridized carbons (Fsp3) is 0.333. The maximum absolute atomic E-state index is 11.9. The van der Waals surface area contributed by atoms with Crippen LogP contribution in [0.1, 0.15) is 36.5 Å². The number of carbonyl (C=O) groups excluding carboxylic acids is 1. The Morgan fingerprint density at radius 3 is 2.63 bits per heavy atom. The summed E-state index contributed by atoms with van der Waals surface area (Å²) in [6.07, 6.45) is 6.95. The van der Waals surface area contributed by atoms with E-state index in [9.17, 15) is 4.79 Å². The first kappa shape index (κ1) is 13.3. The molecule has 0 fully saturated rings. The van der Waals surface area contributed by atoms with Gasteiger partial charge in [0.1, 0.15) is 0 Å². The Kier molecular flexibility index (Phi) is 4.72. The third kappa shape index (κ3) is 3.68. The first-order valence-electron chi connectivity index (χ1n) is 6.68. The summed E-state index contributed by atoms with van der Waals surface area (Å²) in [6.45, 7) is 2.90. The van der Waals surface area contributed by atoms with E-state index in [1.807, 2.05) is 30.5 Å². The summed E-state index contributed by atoms with van der Waals surface area (Å²) < 4.78 is 0. The van der Waals surface area contributed by atoms with Crippen LogP contribution in [0.3, 0.4) is 0 Å². The van der Waals surface area contributed by atoms with Crippen LogP contribution in [0.25, 0.3) is 11.1 Å². The summed E-state index contributed by atoms with van der Waals surface area (Å²) in [5, 5.41) is 9.62. The molecular weight excluding hydrogens is 238 g/mol. The molecule has 19 heavy (non-hydrogen) atoms. The molecule has 100 valence electrons. The van der Waals surface area contributed by atoms with Gasteiger partial charge in [-0.2, -0.15) is 5.10 Å². The number of aromatic nitrogens is 2. The number of benzene rings is 1. The van der Waals surface area contributed by atoms with Gasteiger partial charge in [-0.3, -0.25) is 9.89 Å². The largest absolute Gasteiger partial charge is 0.352 e. The lowest BCUT2D eigenvalue weighted by Crippen LogP contribution is -2.24. The molecule has 1 aromatic heterocycles. The third-order valence-corrected chi connectivity index (χ3v) is 3.04. The molecular formula is C15H19N3O. The summed E-state index contributed by atoms with van der Waals surface area (Å²) in [6, 6.07) is 7.56. The van der Waals surface area contributed by atoms with Gasteiger partial charge in [-0.1, -0.05) is 31.9 Å². The quantitative estimate of drug-likeness (QED) is 0.781. The Morgan fingerprint density at radius 1 is 1.21 bits per heavy atom. The lowest BCUT2D eigenvalue weighted by Gasteiger charge is -2.05. The summed E-state index contributed by atoms with van der Waals surface area (Å²) in [5.41, 5.74) is 2.77. The summed E-state index contributed by atoms with van der Waals surface area (Å²) in [4.78, 5) is 11.9. The monoisotopic (exact) mass is 257 g/mol. The summed E-state index contributed by atoms with van der Waals surface area (Å²) >= 11 is 0. The van der Waals surface area contributed by atoms with Crippen molar-refractivity contribution in [1.29, 1.82) is 0 Å². The molecule has 0 unspecified atom stereocenters. The van der Waals surface area contributed by atoms with Crippen LogP contribution in [0, 0.1) is 0 Å². The highest BCUT2D eigenvalue weighted by Crippen LogP contribution is 2.17. The van der Waals surface area contributed by atoms with Gasteiger partial charge >= 0.3 is 0 Å². The molecule has 0 aliphatic carbocycles. The molecule has 0 aliphatic rings. The van der Waals surface area contributed by atoms with Crippen LogP contribution < -0.4 is 5.32 Å². The van der Waals surface area contributed by atoms with Crippen molar-refractivity contribution in [3.05, 3.63) is 42.2 Å². The fourth-order valence-electron chi connectivity index (χ4n) is 1.90. The van der Waals surface area contributed by atoms with Gasteiger partial charge in [0.05, 0.1) is 6.20 Å². The highest BCUT2D eigenvalue weighted by molar-refractivity contribution is 5.94. The van der Waals surface area contributed by atoms with Gasteiger partial charge in [-0.05, 0) is 24.1 Å². The van der Waals surface area contributed by atoms with Crippen molar-refractivity contribution < 1.29 is 4.79 Å². The van der Waals surface area contributed by atoms with Crippen molar-refractivity contribution in [2.75, 3.05) is 6.54 Å². The number of nitrogens with one attached hydrogen (secondary N) is 2. The van der Waals surface area contributed by atoms with E-state index in [0.29, 0.717) is 5.56 Å². The second-order valence-electron chi connectivity index (χ2n) is 4.53. The van der Waals surface area contributed by atoms with Crippen molar-refractivity contribution in [2.24, 2.45) is 0 Å². The standard InChI is InChI=1S/C15H19N3O/c1-2-3-4-9-16-15(19)13-7-5-12(6-8-13)14-10-17-18-11-14/h5-8,10-11H,2-4,9H2,1H3,(H,16,19)(H,17,18).